The molecule has 0 aliphatic heterocycles. The van der Waals surface area contributed by atoms with Crippen LogP contribution >= 0.6 is 11.3 Å². The lowest BCUT2D eigenvalue weighted by Gasteiger charge is -2.11. The molecule has 0 aromatic carbocycles. The number of aromatic nitrogens is 4. The van der Waals surface area contributed by atoms with Crippen LogP contribution in [-0.2, 0) is 13.1 Å². The van der Waals surface area contributed by atoms with Crippen molar-refractivity contribution >= 4 is 22.4 Å². The van der Waals surface area contributed by atoms with E-state index < -0.39 is 0 Å². The molecular formula is C14H24N8S. The molecule has 0 radical (unpaired) electrons. The van der Waals surface area contributed by atoms with Gasteiger partial charge in [-0.1, -0.05) is 0 Å². The third-order valence-corrected chi connectivity index (χ3v) is 4.24. The van der Waals surface area contributed by atoms with Crippen LogP contribution in [0.5, 0.6) is 0 Å². The van der Waals surface area contributed by atoms with Gasteiger partial charge in [0.05, 0.1) is 12.2 Å². The Balaban J connectivity index is 1.63. The standard InChI is InChI=1S/C14H24N8S/c1-15-13(16-6-4-5-7-22-10-18-19-11-22)17-8-12-9-23-14(20-12)21(2)3/h9-11H,4-8H2,1-3H3,(H2,15,16,17). The second-order valence-corrected chi connectivity index (χ2v) is 6.11. The van der Waals surface area contributed by atoms with Gasteiger partial charge in [0, 0.05) is 39.6 Å². The minimum Gasteiger partial charge on any atom is -0.356 e. The van der Waals surface area contributed by atoms with Gasteiger partial charge in [-0.05, 0) is 12.8 Å². The molecule has 2 heterocycles. The van der Waals surface area contributed by atoms with Crippen LogP contribution in [0.3, 0.4) is 0 Å². The lowest BCUT2D eigenvalue weighted by atomic mass is 10.3. The van der Waals surface area contributed by atoms with E-state index in [1.54, 1.807) is 31.0 Å². The number of guanidine groups is 1. The van der Waals surface area contributed by atoms with Crippen LogP contribution in [0.15, 0.2) is 23.0 Å². The van der Waals surface area contributed by atoms with E-state index >= 15 is 0 Å². The average Bonchev–Trinajstić information content (AvgIpc) is 3.21. The molecule has 126 valence electrons. The van der Waals surface area contributed by atoms with Gasteiger partial charge < -0.3 is 20.1 Å². The number of nitrogens with zero attached hydrogens (tertiary/aromatic N) is 6. The summed E-state index contributed by atoms with van der Waals surface area (Å²) in [4.78, 5) is 10.8. The van der Waals surface area contributed by atoms with Gasteiger partial charge in [0.1, 0.15) is 12.7 Å². The maximum Gasteiger partial charge on any atom is 0.191 e. The number of nitrogens with one attached hydrogen (secondary N) is 2. The van der Waals surface area contributed by atoms with Gasteiger partial charge in [0.2, 0.25) is 0 Å². The monoisotopic (exact) mass is 336 g/mol. The highest BCUT2D eigenvalue weighted by Gasteiger charge is 2.04. The molecule has 23 heavy (non-hydrogen) atoms. The molecule has 0 bridgehead atoms. The van der Waals surface area contributed by atoms with E-state index in [2.05, 4.69) is 36.2 Å². The predicted octanol–water partition coefficient (Wildman–Crippen LogP) is 0.946. The molecule has 8 nitrogen and oxygen atoms in total. The lowest BCUT2D eigenvalue weighted by molar-refractivity contribution is 0.597. The summed E-state index contributed by atoms with van der Waals surface area (Å²) >= 11 is 1.64. The molecule has 2 aromatic heterocycles. The number of aryl methyl sites for hydroxylation is 1. The van der Waals surface area contributed by atoms with Crippen molar-refractivity contribution in [1.29, 1.82) is 0 Å². The molecule has 0 saturated heterocycles. The predicted molar refractivity (Wildman–Crippen MR) is 93.9 cm³/mol. The first-order valence-electron chi connectivity index (χ1n) is 7.57. The van der Waals surface area contributed by atoms with Crippen molar-refractivity contribution in [2.75, 3.05) is 32.6 Å². The Morgan fingerprint density at radius 3 is 2.70 bits per heavy atom. The van der Waals surface area contributed by atoms with Gasteiger partial charge in [-0.15, -0.1) is 21.5 Å². The fourth-order valence-corrected chi connectivity index (χ4v) is 2.70. The van der Waals surface area contributed by atoms with Crippen LogP contribution in [-0.4, -0.2) is 53.4 Å². The minimum atomic E-state index is 0.671. The summed E-state index contributed by atoms with van der Waals surface area (Å²) in [5.41, 5.74) is 1.02. The zero-order valence-corrected chi connectivity index (χ0v) is 14.7. The van der Waals surface area contributed by atoms with Crippen molar-refractivity contribution in [1.82, 2.24) is 30.4 Å². The van der Waals surface area contributed by atoms with Crippen molar-refractivity contribution in [3.63, 3.8) is 0 Å². The summed E-state index contributed by atoms with van der Waals surface area (Å²) in [6, 6.07) is 0. The normalized spacial score (nSPS) is 11.5. The zero-order chi connectivity index (χ0) is 16.5. The fourth-order valence-electron chi connectivity index (χ4n) is 1.94. The summed E-state index contributed by atoms with van der Waals surface area (Å²) in [5.74, 6) is 0.800. The third kappa shape index (κ3) is 5.85. The number of thiazole rings is 1. The molecule has 2 aromatic rings. The first kappa shape index (κ1) is 17.2. The number of rotatable bonds is 8. The van der Waals surface area contributed by atoms with E-state index in [0.717, 1.165) is 42.7 Å². The van der Waals surface area contributed by atoms with E-state index in [4.69, 9.17) is 0 Å². The Labute approximate surface area is 140 Å². The van der Waals surface area contributed by atoms with Crippen molar-refractivity contribution in [3.05, 3.63) is 23.7 Å². The van der Waals surface area contributed by atoms with Crippen LogP contribution in [0.1, 0.15) is 18.5 Å². The second-order valence-electron chi connectivity index (χ2n) is 5.28. The van der Waals surface area contributed by atoms with Crippen LogP contribution in [0, 0.1) is 0 Å². The van der Waals surface area contributed by atoms with Crippen molar-refractivity contribution in [3.8, 4) is 0 Å². The highest BCUT2D eigenvalue weighted by Crippen LogP contribution is 2.17. The molecule has 0 unspecified atom stereocenters. The zero-order valence-electron chi connectivity index (χ0n) is 13.9. The summed E-state index contributed by atoms with van der Waals surface area (Å²) in [6.45, 7) is 2.49. The molecule has 0 atom stereocenters. The van der Waals surface area contributed by atoms with Crippen molar-refractivity contribution < 1.29 is 0 Å². The summed E-state index contributed by atoms with van der Waals surface area (Å²) in [7, 11) is 5.77. The van der Waals surface area contributed by atoms with Gasteiger partial charge >= 0.3 is 0 Å². The smallest absolute Gasteiger partial charge is 0.191 e. The Morgan fingerprint density at radius 2 is 2.04 bits per heavy atom. The summed E-state index contributed by atoms with van der Waals surface area (Å²) in [5, 5.41) is 17.2. The van der Waals surface area contributed by atoms with Gasteiger partial charge in [-0.2, -0.15) is 0 Å². The first-order valence-corrected chi connectivity index (χ1v) is 8.45. The number of unbranched alkanes of at least 4 members (excludes halogenated alkanes) is 1. The lowest BCUT2D eigenvalue weighted by Crippen LogP contribution is -2.37. The van der Waals surface area contributed by atoms with Crippen LogP contribution in [0.2, 0.25) is 0 Å². The first-order chi connectivity index (χ1) is 11.2. The van der Waals surface area contributed by atoms with E-state index in [1.165, 1.54) is 0 Å². The van der Waals surface area contributed by atoms with Crippen molar-refractivity contribution in [2.45, 2.75) is 25.9 Å². The molecule has 2 rings (SSSR count). The molecule has 0 aliphatic rings. The maximum atomic E-state index is 4.54. The quantitative estimate of drug-likeness (QED) is 0.424. The van der Waals surface area contributed by atoms with Gasteiger partial charge in [-0.25, -0.2) is 4.98 Å². The van der Waals surface area contributed by atoms with E-state index in [1.807, 2.05) is 23.6 Å². The molecule has 0 amide bonds. The molecule has 9 heteroatoms. The average molecular weight is 336 g/mol. The summed E-state index contributed by atoms with van der Waals surface area (Å²) in [6.07, 6.45) is 5.61. The number of hydrogen-bond acceptors (Lipinski definition) is 6. The van der Waals surface area contributed by atoms with Crippen LogP contribution in [0.4, 0.5) is 5.13 Å². The number of hydrogen-bond donors (Lipinski definition) is 2. The van der Waals surface area contributed by atoms with Crippen molar-refractivity contribution in [2.24, 2.45) is 4.99 Å². The Morgan fingerprint density at radius 1 is 1.26 bits per heavy atom. The molecular weight excluding hydrogens is 312 g/mol. The highest BCUT2D eigenvalue weighted by atomic mass is 32.1. The molecule has 0 aliphatic carbocycles. The fraction of sp³-hybridized carbons (Fsp3) is 0.571. The minimum absolute atomic E-state index is 0.671. The molecule has 0 spiro atoms. The Bertz CT molecular complexity index is 590. The van der Waals surface area contributed by atoms with Gasteiger partial charge in [0.15, 0.2) is 11.1 Å². The van der Waals surface area contributed by atoms with E-state index in [-0.39, 0.29) is 0 Å². The Kier molecular flexibility index (Phi) is 6.79. The highest BCUT2D eigenvalue weighted by molar-refractivity contribution is 7.13. The topological polar surface area (TPSA) is 83.3 Å². The summed E-state index contributed by atoms with van der Waals surface area (Å²) < 4.78 is 1.98. The molecule has 0 fully saturated rings. The SMILES string of the molecule is CN=C(NCCCCn1cnnc1)NCc1csc(N(C)C)n1. The number of aliphatic imine (C=N–C) groups is 1. The van der Waals surface area contributed by atoms with Crippen LogP contribution < -0.4 is 15.5 Å². The van der Waals surface area contributed by atoms with Gasteiger partial charge in [-0.3, -0.25) is 4.99 Å². The second kappa shape index (κ2) is 9.09. The van der Waals surface area contributed by atoms with Crippen LogP contribution in [0.25, 0.3) is 0 Å². The van der Waals surface area contributed by atoms with Gasteiger partial charge in [0.25, 0.3) is 0 Å². The number of anilines is 1. The molecule has 0 saturated carbocycles. The van der Waals surface area contributed by atoms with E-state index in [0.29, 0.717) is 6.54 Å². The van der Waals surface area contributed by atoms with E-state index in [9.17, 15) is 0 Å². The molecule has 2 N–H and O–H groups in total. The Hall–Kier alpha value is -2.16. The third-order valence-electron chi connectivity index (χ3n) is 3.18. The largest absolute Gasteiger partial charge is 0.356 e. The maximum absolute atomic E-state index is 4.54.